The zero-order valence-corrected chi connectivity index (χ0v) is 14.0. The van der Waals surface area contributed by atoms with Crippen LogP contribution in [0.3, 0.4) is 0 Å². The van der Waals surface area contributed by atoms with Crippen molar-refractivity contribution in [3.63, 3.8) is 0 Å². The zero-order chi connectivity index (χ0) is 16.4. The first-order valence-electron chi connectivity index (χ1n) is 7.12. The molecule has 0 amide bonds. The van der Waals surface area contributed by atoms with E-state index < -0.39 is 5.97 Å². The molecule has 23 heavy (non-hydrogen) atoms. The Labute approximate surface area is 142 Å². The van der Waals surface area contributed by atoms with Gasteiger partial charge >= 0.3 is 5.97 Å². The van der Waals surface area contributed by atoms with Gasteiger partial charge in [0, 0.05) is 9.86 Å². The van der Waals surface area contributed by atoms with Gasteiger partial charge < -0.3 is 5.11 Å². The van der Waals surface area contributed by atoms with Gasteiger partial charge in [-0.3, -0.25) is 0 Å². The Morgan fingerprint density at radius 1 is 1.13 bits per heavy atom. The van der Waals surface area contributed by atoms with Crippen LogP contribution in [0.5, 0.6) is 0 Å². The van der Waals surface area contributed by atoms with Gasteiger partial charge in [0.15, 0.2) is 0 Å². The summed E-state index contributed by atoms with van der Waals surface area (Å²) < 4.78 is 0.831. The maximum atomic E-state index is 11.5. The number of hydrogen-bond acceptors (Lipinski definition) is 2. The predicted octanol–water partition coefficient (Wildman–Crippen LogP) is 5.17. The standard InChI is InChI=1S/C19H14BrNO2/c1-12-4-2-3-5-13(12)6-8-15-11-17(19(22)23)16-10-14(20)7-9-18(16)21-15/h2-11H,1H3,(H,22,23)/b8-6+. The summed E-state index contributed by atoms with van der Waals surface area (Å²) in [5.41, 5.74) is 3.78. The number of hydrogen-bond donors (Lipinski definition) is 1. The van der Waals surface area contributed by atoms with Crippen molar-refractivity contribution in [3.8, 4) is 0 Å². The molecule has 0 saturated carbocycles. The number of nitrogens with zero attached hydrogens (tertiary/aromatic N) is 1. The molecule has 1 N–H and O–H groups in total. The summed E-state index contributed by atoms with van der Waals surface area (Å²) in [7, 11) is 0. The minimum atomic E-state index is -0.957. The predicted molar refractivity (Wildman–Crippen MR) is 96.5 cm³/mol. The molecule has 0 aliphatic heterocycles. The van der Waals surface area contributed by atoms with Crippen LogP contribution in [0.15, 0.2) is 53.0 Å². The van der Waals surface area contributed by atoms with Crippen molar-refractivity contribution in [3.05, 3.63) is 75.4 Å². The lowest BCUT2D eigenvalue weighted by molar-refractivity contribution is 0.0699. The van der Waals surface area contributed by atoms with E-state index >= 15 is 0 Å². The molecular formula is C19H14BrNO2. The largest absolute Gasteiger partial charge is 0.478 e. The lowest BCUT2D eigenvalue weighted by Gasteiger charge is -2.05. The highest BCUT2D eigenvalue weighted by Gasteiger charge is 2.11. The number of aryl methyl sites for hydroxylation is 1. The minimum Gasteiger partial charge on any atom is -0.478 e. The van der Waals surface area contributed by atoms with E-state index in [0.717, 1.165) is 15.6 Å². The fourth-order valence-corrected chi connectivity index (χ4v) is 2.79. The van der Waals surface area contributed by atoms with Crippen LogP contribution in [0.2, 0.25) is 0 Å². The van der Waals surface area contributed by atoms with Crippen LogP contribution in [0.1, 0.15) is 27.2 Å². The second-order valence-corrected chi connectivity index (χ2v) is 6.17. The summed E-state index contributed by atoms with van der Waals surface area (Å²) in [5, 5.41) is 10.1. The number of benzene rings is 2. The summed E-state index contributed by atoms with van der Waals surface area (Å²) in [4.78, 5) is 16.1. The molecule has 0 radical (unpaired) electrons. The van der Waals surface area contributed by atoms with Crippen molar-refractivity contribution in [1.29, 1.82) is 0 Å². The highest BCUT2D eigenvalue weighted by Crippen LogP contribution is 2.24. The minimum absolute atomic E-state index is 0.251. The van der Waals surface area contributed by atoms with Gasteiger partial charge in [-0.15, -0.1) is 0 Å². The van der Waals surface area contributed by atoms with Crippen molar-refractivity contribution in [1.82, 2.24) is 4.98 Å². The van der Waals surface area contributed by atoms with Crippen molar-refractivity contribution >= 4 is 45.0 Å². The Morgan fingerprint density at radius 3 is 2.65 bits per heavy atom. The third-order valence-electron chi connectivity index (χ3n) is 3.64. The topological polar surface area (TPSA) is 50.2 Å². The van der Waals surface area contributed by atoms with Crippen LogP contribution in [-0.2, 0) is 0 Å². The quantitative estimate of drug-likeness (QED) is 0.694. The Balaban J connectivity index is 2.10. The second kappa shape index (κ2) is 6.34. The molecule has 1 aromatic heterocycles. The van der Waals surface area contributed by atoms with Crippen molar-refractivity contribution in [2.24, 2.45) is 0 Å². The third-order valence-corrected chi connectivity index (χ3v) is 4.14. The van der Waals surface area contributed by atoms with Gasteiger partial charge in [0.25, 0.3) is 0 Å². The van der Waals surface area contributed by atoms with E-state index in [1.165, 1.54) is 0 Å². The van der Waals surface area contributed by atoms with Crippen LogP contribution < -0.4 is 0 Å². The molecule has 4 heteroatoms. The van der Waals surface area contributed by atoms with Crippen LogP contribution in [0.25, 0.3) is 23.1 Å². The number of halogens is 1. The van der Waals surface area contributed by atoms with Crippen LogP contribution >= 0.6 is 15.9 Å². The molecule has 0 fully saturated rings. The molecule has 3 aromatic rings. The average molecular weight is 368 g/mol. The number of aromatic nitrogens is 1. The monoisotopic (exact) mass is 367 g/mol. The van der Waals surface area contributed by atoms with Gasteiger partial charge in [0.05, 0.1) is 16.8 Å². The summed E-state index contributed by atoms with van der Waals surface area (Å²) in [5.74, 6) is -0.957. The Bertz CT molecular complexity index is 932. The highest BCUT2D eigenvalue weighted by atomic mass is 79.9. The SMILES string of the molecule is Cc1ccccc1/C=C/c1cc(C(=O)O)c2cc(Br)ccc2n1. The molecule has 1 heterocycles. The van der Waals surface area contributed by atoms with E-state index in [2.05, 4.69) is 20.9 Å². The van der Waals surface area contributed by atoms with Gasteiger partial charge in [-0.1, -0.05) is 46.3 Å². The van der Waals surface area contributed by atoms with E-state index in [1.54, 1.807) is 12.1 Å². The number of carboxylic acids is 1. The molecule has 0 atom stereocenters. The lowest BCUT2D eigenvalue weighted by atomic mass is 10.1. The maximum absolute atomic E-state index is 11.5. The molecule has 114 valence electrons. The fourth-order valence-electron chi connectivity index (χ4n) is 2.43. The van der Waals surface area contributed by atoms with Gasteiger partial charge in [0.2, 0.25) is 0 Å². The normalized spacial score (nSPS) is 11.2. The molecule has 0 unspecified atom stereocenters. The number of rotatable bonds is 3. The summed E-state index contributed by atoms with van der Waals surface area (Å²) in [6.07, 6.45) is 3.80. The van der Waals surface area contributed by atoms with Crippen molar-refractivity contribution in [2.75, 3.05) is 0 Å². The van der Waals surface area contributed by atoms with Crippen LogP contribution in [0, 0.1) is 6.92 Å². The number of carbonyl (C=O) groups is 1. The number of pyridine rings is 1. The number of carboxylic acid groups (broad SMARTS) is 1. The van der Waals surface area contributed by atoms with Crippen LogP contribution in [-0.4, -0.2) is 16.1 Å². The van der Waals surface area contributed by atoms with Gasteiger partial charge in [-0.05, 0) is 48.4 Å². The van der Waals surface area contributed by atoms with Gasteiger partial charge in [0.1, 0.15) is 0 Å². The number of aromatic carboxylic acids is 1. The van der Waals surface area contributed by atoms with Crippen molar-refractivity contribution < 1.29 is 9.90 Å². The van der Waals surface area contributed by atoms with E-state index in [-0.39, 0.29) is 5.56 Å². The molecular weight excluding hydrogens is 354 g/mol. The molecule has 0 aliphatic rings. The molecule has 3 nitrogen and oxygen atoms in total. The molecule has 0 bridgehead atoms. The van der Waals surface area contributed by atoms with E-state index in [0.29, 0.717) is 16.6 Å². The maximum Gasteiger partial charge on any atom is 0.336 e. The van der Waals surface area contributed by atoms with E-state index in [4.69, 9.17) is 0 Å². The molecule has 2 aromatic carbocycles. The summed E-state index contributed by atoms with van der Waals surface area (Å²) in [6, 6.07) is 15.1. The fraction of sp³-hybridized carbons (Fsp3) is 0.0526. The molecule has 0 spiro atoms. The van der Waals surface area contributed by atoms with Crippen molar-refractivity contribution in [2.45, 2.75) is 6.92 Å². The summed E-state index contributed by atoms with van der Waals surface area (Å²) in [6.45, 7) is 2.04. The Hall–Kier alpha value is -2.46. The Morgan fingerprint density at radius 2 is 1.91 bits per heavy atom. The third kappa shape index (κ3) is 3.32. The molecule has 3 rings (SSSR count). The summed E-state index contributed by atoms with van der Waals surface area (Å²) >= 11 is 3.37. The van der Waals surface area contributed by atoms with E-state index in [9.17, 15) is 9.90 Å². The molecule has 0 aliphatic carbocycles. The van der Waals surface area contributed by atoms with E-state index in [1.807, 2.05) is 55.5 Å². The van der Waals surface area contributed by atoms with Gasteiger partial charge in [-0.25, -0.2) is 9.78 Å². The van der Waals surface area contributed by atoms with Crippen LogP contribution in [0.4, 0.5) is 0 Å². The lowest BCUT2D eigenvalue weighted by Crippen LogP contribution is -2.00. The number of fused-ring (bicyclic) bond motifs is 1. The average Bonchev–Trinajstić information content (AvgIpc) is 2.53. The molecule has 0 saturated heterocycles. The second-order valence-electron chi connectivity index (χ2n) is 5.25. The van der Waals surface area contributed by atoms with Gasteiger partial charge in [-0.2, -0.15) is 0 Å². The zero-order valence-electron chi connectivity index (χ0n) is 12.5. The first-order chi connectivity index (χ1) is 11.0. The highest BCUT2D eigenvalue weighted by molar-refractivity contribution is 9.10. The Kier molecular flexibility index (Phi) is 4.26. The smallest absolute Gasteiger partial charge is 0.336 e. The first-order valence-corrected chi connectivity index (χ1v) is 7.91. The first kappa shape index (κ1) is 15.4.